The Morgan fingerprint density at radius 1 is 1.11 bits per heavy atom. The van der Waals surface area contributed by atoms with Crippen LogP contribution in [0, 0.1) is 11.3 Å². The van der Waals surface area contributed by atoms with Gasteiger partial charge in [-0.05, 0) is 23.3 Å². The number of imidazole rings is 1. The summed E-state index contributed by atoms with van der Waals surface area (Å²) in [7, 11) is 1.95. The summed E-state index contributed by atoms with van der Waals surface area (Å²) in [4.78, 5) is 4.53. The standard InChI is InChI=1S/C16H13N3/c1-19-15-8-7-13(12-5-3-2-4-6-12)11-14(15)18-16(19)9-10-17/h2-8,11H,9H2,1H3. The van der Waals surface area contributed by atoms with Gasteiger partial charge < -0.3 is 4.57 Å². The van der Waals surface area contributed by atoms with Gasteiger partial charge in [-0.3, -0.25) is 0 Å². The van der Waals surface area contributed by atoms with Crippen LogP contribution in [0.1, 0.15) is 5.82 Å². The lowest BCUT2D eigenvalue weighted by molar-refractivity contribution is 0.857. The largest absolute Gasteiger partial charge is 0.330 e. The fourth-order valence-corrected chi connectivity index (χ4v) is 2.29. The molecule has 0 bridgehead atoms. The van der Waals surface area contributed by atoms with E-state index in [1.165, 1.54) is 5.56 Å². The summed E-state index contributed by atoms with van der Waals surface area (Å²) < 4.78 is 1.98. The zero-order chi connectivity index (χ0) is 13.2. The van der Waals surface area contributed by atoms with Crippen LogP contribution >= 0.6 is 0 Å². The number of hydrogen-bond donors (Lipinski definition) is 0. The molecule has 0 saturated heterocycles. The Balaban J connectivity index is 2.14. The summed E-state index contributed by atoms with van der Waals surface area (Å²) in [6.45, 7) is 0. The molecule has 1 heterocycles. The Morgan fingerprint density at radius 3 is 2.63 bits per heavy atom. The van der Waals surface area contributed by atoms with E-state index in [1.807, 2.05) is 29.8 Å². The molecule has 3 aromatic rings. The Kier molecular flexibility index (Phi) is 2.77. The fraction of sp³-hybridized carbons (Fsp3) is 0.125. The van der Waals surface area contributed by atoms with Gasteiger partial charge in [-0.15, -0.1) is 0 Å². The van der Waals surface area contributed by atoms with Gasteiger partial charge in [-0.25, -0.2) is 4.98 Å². The normalized spacial score (nSPS) is 10.5. The molecular weight excluding hydrogens is 234 g/mol. The zero-order valence-corrected chi connectivity index (χ0v) is 10.7. The highest BCUT2D eigenvalue weighted by Crippen LogP contribution is 2.24. The van der Waals surface area contributed by atoms with Crippen molar-refractivity contribution in [3.63, 3.8) is 0 Å². The molecular formula is C16H13N3. The summed E-state index contributed by atoms with van der Waals surface area (Å²) in [5.74, 6) is 0.808. The molecule has 0 aliphatic heterocycles. The topological polar surface area (TPSA) is 41.6 Å². The highest BCUT2D eigenvalue weighted by molar-refractivity contribution is 5.82. The van der Waals surface area contributed by atoms with Crippen LogP contribution in [-0.4, -0.2) is 9.55 Å². The summed E-state index contributed by atoms with van der Waals surface area (Å²) in [5.41, 5.74) is 4.32. The minimum Gasteiger partial charge on any atom is -0.330 e. The fourth-order valence-electron chi connectivity index (χ4n) is 2.29. The molecule has 0 spiro atoms. The van der Waals surface area contributed by atoms with Gasteiger partial charge in [0.05, 0.1) is 23.5 Å². The summed E-state index contributed by atoms with van der Waals surface area (Å²) >= 11 is 0. The van der Waals surface area contributed by atoms with Gasteiger partial charge in [-0.2, -0.15) is 5.26 Å². The molecule has 3 nitrogen and oxygen atoms in total. The van der Waals surface area contributed by atoms with Crippen LogP contribution in [-0.2, 0) is 13.5 Å². The molecule has 3 heteroatoms. The first-order valence-electron chi connectivity index (χ1n) is 6.17. The first-order chi connectivity index (χ1) is 9.29. The monoisotopic (exact) mass is 247 g/mol. The second kappa shape index (κ2) is 4.58. The van der Waals surface area contributed by atoms with Gasteiger partial charge >= 0.3 is 0 Å². The minimum atomic E-state index is 0.339. The van der Waals surface area contributed by atoms with Gasteiger partial charge in [-0.1, -0.05) is 36.4 Å². The SMILES string of the molecule is Cn1c(CC#N)nc2cc(-c3ccccc3)ccc21. The van der Waals surface area contributed by atoms with E-state index < -0.39 is 0 Å². The van der Waals surface area contributed by atoms with Crippen molar-refractivity contribution in [2.75, 3.05) is 0 Å². The van der Waals surface area contributed by atoms with E-state index in [0.717, 1.165) is 22.4 Å². The van der Waals surface area contributed by atoms with Gasteiger partial charge in [0, 0.05) is 7.05 Å². The molecule has 0 radical (unpaired) electrons. The van der Waals surface area contributed by atoms with Crippen LogP contribution in [0.25, 0.3) is 22.2 Å². The third-order valence-corrected chi connectivity index (χ3v) is 3.32. The van der Waals surface area contributed by atoms with E-state index >= 15 is 0 Å². The first-order valence-corrected chi connectivity index (χ1v) is 6.17. The number of nitriles is 1. The van der Waals surface area contributed by atoms with Gasteiger partial charge in [0.2, 0.25) is 0 Å². The van der Waals surface area contributed by atoms with Crippen LogP contribution in [0.5, 0.6) is 0 Å². The first kappa shape index (κ1) is 11.5. The summed E-state index contributed by atoms with van der Waals surface area (Å²) in [6.07, 6.45) is 0.339. The lowest BCUT2D eigenvalue weighted by atomic mass is 10.1. The van der Waals surface area contributed by atoms with Crippen molar-refractivity contribution in [1.29, 1.82) is 5.26 Å². The van der Waals surface area contributed by atoms with Crippen LogP contribution in [0.3, 0.4) is 0 Å². The number of fused-ring (bicyclic) bond motifs is 1. The maximum absolute atomic E-state index is 8.80. The molecule has 19 heavy (non-hydrogen) atoms. The van der Waals surface area contributed by atoms with Crippen molar-refractivity contribution >= 4 is 11.0 Å². The predicted octanol–water partition coefficient (Wildman–Crippen LogP) is 3.31. The Bertz CT molecular complexity index is 764. The zero-order valence-electron chi connectivity index (χ0n) is 10.7. The van der Waals surface area contributed by atoms with Gasteiger partial charge in [0.15, 0.2) is 0 Å². The molecule has 0 saturated carbocycles. The maximum atomic E-state index is 8.80. The molecule has 3 rings (SSSR count). The molecule has 92 valence electrons. The maximum Gasteiger partial charge on any atom is 0.123 e. The Morgan fingerprint density at radius 2 is 1.89 bits per heavy atom. The summed E-state index contributed by atoms with van der Waals surface area (Å²) in [5, 5.41) is 8.80. The molecule has 0 unspecified atom stereocenters. The molecule has 2 aromatic carbocycles. The smallest absolute Gasteiger partial charge is 0.123 e. The van der Waals surface area contributed by atoms with E-state index in [4.69, 9.17) is 5.26 Å². The molecule has 0 N–H and O–H groups in total. The van der Waals surface area contributed by atoms with Crippen molar-refractivity contribution in [2.45, 2.75) is 6.42 Å². The van der Waals surface area contributed by atoms with Crippen molar-refractivity contribution < 1.29 is 0 Å². The number of aromatic nitrogens is 2. The van der Waals surface area contributed by atoms with E-state index in [9.17, 15) is 0 Å². The average Bonchev–Trinajstić information content (AvgIpc) is 2.76. The number of hydrogen-bond acceptors (Lipinski definition) is 2. The molecule has 0 aliphatic carbocycles. The van der Waals surface area contributed by atoms with Gasteiger partial charge in [0.1, 0.15) is 5.82 Å². The molecule has 0 fully saturated rings. The minimum absolute atomic E-state index is 0.339. The molecule has 0 atom stereocenters. The highest BCUT2D eigenvalue weighted by Gasteiger charge is 2.08. The Labute approximate surface area is 111 Å². The van der Waals surface area contributed by atoms with Crippen molar-refractivity contribution in [3.05, 3.63) is 54.4 Å². The number of benzene rings is 2. The number of aryl methyl sites for hydroxylation is 1. The third kappa shape index (κ3) is 1.98. The predicted molar refractivity (Wildman–Crippen MR) is 75.5 cm³/mol. The van der Waals surface area contributed by atoms with Crippen LogP contribution in [0.2, 0.25) is 0 Å². The Hall–Kier alpha value is -2.60. The van der Waals surface area contributed by atoms with Crippen LogP contribution in [0.15, 0.2) is 48.5 Å². The van der Waals surface area contributed by atoms with E-state index in [0.29, 0.717) is 6.42 Å². The third-order valence-electron chi connectivity index (χ3n) is 3.32. The van der Waals surface area contributed by atoms with E-state index in [-0.39, 0.29) is 0 Å². The molecule has 1 aromatic heterocycles. The van der Waals surface area contributed by atoms with Crippen LogP contribution < -0.4 is 0 Å². The number of rotatable bonds is 2. The van der Waals surface area contributed by atoms with Crippen molar-refractivity contribution in [1.82, 2.24) is 9.55 Å². The molecule has 0 amide bonds. The number of nitrogens with zero attached hydrogens (tertiary/aromatic N) is 3. The van der Waals surface area contributed by atoms with E-state index in [1.54, 1.807) is 0 Å². The van der Waals surface area contributed by atoms with Crippen LogP contribution in [0.4, 0.5) is 0 Å². The highest BCUT2D eigenvalue weighted by atomic mass is 15.1. The van der Waals surface area contributed by atoms with Gasteiger partial charge in [0.25, 0.3) is 0 Å². The average molecular weight is 247 g/mol. The second-order valence-corrected chi connectivity index (χ2v) is 4.49. The van der Waals surface area contributed by atoms with E-state index in [2.05, 4.69) is 41.4 Å². The lowest BCUT2D eigenvalue weighted by Gasteiger charge is -2.02. The molecule has 0 aliphatic rings. The quantitative estimate of drug-likeness (QED) is 0.697. The second-order valence-electron chi connectivity index (χ2n) is 4.49. The van der Waals surface area contributed by atoms with Crippen molar-refractivity contribution in [3.8, 4) is 17.2 Å². The summed E-state index contributed by atoms with van der Waals surface area (Å²) in [6, 6.07) is 18.6. The van der Waals surface area contributed by atoms with Crippen molar-refractivity contribution in [2.24, 2.45) is 7.05 Å². The lowest BCUT2D eigenvalue weighted by Crippen LogP contribution is -1.95.